The number of nitrogens with zero attached hydrogens (tertiary/aromatic N) is 1. The topological polar surface area (TPSA) is 39.2 Å². The highest BCUT2D eigenvalue weighted by Crippen LogP contribution is 2.27. The minimum Gasteiger partial charge on any atom is -0.367 e. The molecule has 3 nitrogen and oxygen atoms in total. The Balaban J connectivity index is 2.03. The van der Waals surface area contributed by atoms with E-state index in [0.29, 0.717) is 13.0 Å². The third-order valence-corrected chi connectivity index (χ3v) is 3.75. The molecular formula is C11H15NO2S. The Labute approximate surface area is 93.5 Å². The lowest BCUT2D eigenvalue weighted by atomic mass is 9.95. The molecule has 0 amide bonds. The molecule has 1 unspecified atom stereocenters. The van der Waals surface area contributed by atoms with Gasteiger partial charge in [-0.05, 0) is 26.7 Å². The summed E-state index contributed by atoms with van der Waals surface area (Å²) in [5.41, 5.74) is 0.430. The van der Waals surface area contributed by atoms with Crippen LogP contribution in [0.4, 0.5) is 0 Å². The van der Waals surface area contributed by atoms with E-state index < -0.39 is 5.60 Å². The zero-order valence-electron chi connectivity index (χ0n) is 9.08. The van der Waals surface area contributed by atoms with Gasteiger partial charge in [0.1, 0.15) is 10.6 Å². The SMILES string of the molecule is Cc1csc(CC(=O)C2(C)CCCO2)n1. The summed E-state index contributed by atoms with van der Waals surface area (Å²) in [6.45, 7) is 4.54. The van der Waals surface area contributed by atoms with Crippen molar-refractivity contribution in [2.45, 2.75) is 38.7 Å². The van der Waals surface area contributed by atoms with Crippen LogP contribution in [0.2, 0.25) is 0 Å². The fraction of sp³-hybridized carbons (Fsp3) is 0.636. The molecule has 2 heterocycles. The molecule has 0 N–H and O–H groups in total. The monoisotopic (exact) mass is 225 g/mol. The molecule has 1 aliphatic rings. The van der Waals surface area contributed by atoms with E-state index in [4.69, 9.17) is 4.74 Å². The summed E-state index contributed by atoms with van der Waals surface area (Å²) in [5.74, 6) is 0.161. The van der Waals surface area contributed by atoms with E-state index in [1.165, 1.54) is 0 Å². The Kier molecular flexibility index (Phi) is 2.89. The summed E-state index contributed by atoms with van der Waals surface area (Å²) in [6.07, 6.45) is 2.24. The third kappa shape index (κ3) is 2.26. The number of aryl methyl sites for hydroxylation is 1. The lowest BCUT2D eigenvalue weighted by molar-refractivity contribution is -0.136. The molecule has 2 rings (SSSR count). The highest BCUT2D eigenvalue weighted by Gasteiger charge is 2.37. The van der Waals surface area contributed by atoms with E-state index in [2.05, 4.69) is 4.98 Å². The normalized spacial score (nSPS) is 25.7. The number of carbonyl (C=O) groups is 1. The van der Waals surface area contributed by atoms with Gasteiger partial charge in [0.05, 0.1) is 6.42 Å². The number of thiazole rings is 1. The summed E-state index contributed by atoms with van der Waals surface area (Å²) in [4.78, 5) is 16.3. The molecule has 1 saturated heterocycles. The van der Waals surface area contributed by atoms with Crippen molar-refractivity contribution in [1.29, 1.82) is 0 Å². The lowest BCUT2D eigenvalue weighted by Gasteiger charge is -2.20. The summed E-state index contributed by atoms with van der Waals surface area (Å²) in [6, 6.07) is 0. The number of ether oxygens (including phenoxy) is 1. The molecule has 1 fully saturated rings. The van der Waals surface area contributed by atoms with Crippen LogP contribution in [0.15, 0.2) is 5.38 Å². The average molecular weight is 225 g/mol. The molecule has 1 atom stereocenters. The lowest BCUT2D eigenvalue weighted by Crippen LogP contribution is -2.35. The van der Waals surface area contributed by atoms with Crippen LogP contribution in [0, 0.1) is 6.92 Å². The number of ketones is 1. The summed E-state index contributed by atoms with van der Waals surface area (Å²) in [5, 5.41) is 2.87. The number of carbonyl (C=O) groups excluding carboxylic acids is 1. The van der Waals surface area contributed by atoms with Crippen LogP contribution in [-0.4, -0.2) is 23.0 Å². The molecule has 0 radical (unpaired) electrons. The van der Waals surface area contributed by atoms with Crippen LogP contribution in [-0.2, 0) is 16.0 Å². The second-order valence-electron chi connectivity index (χ2n) is 4.17. The van der Waals surface area contributed by atoms with Crippen molar-refractivity contribution in [3.05, 3.63) is 16.1 Å². The van der Waals surface area contributed by atoms with Gasteiger partial charge < -0.3 is 4.74 Å². The van der Waals surface area contributed by atoms with Gasteiger partial charge in [-0.2, -0.15) is 0 Å². The molecule has 0 bridgehead atoms. The van der Waals surface area contributed by atoms with Gasteiger partial charge in [-0.25, -0.2) is 4.98 Å². The van der Waals surface area contributed by atoms with Crippen molar-refractivity contribution in [1.82, 2.24) is 4.98 Å². The maximum atomic E-state index is 12.0. The number of Topliss-reactive ketones (excluding diaryl/α,β-unsaturated/α-hetero) is 1. The van der Waals surface area contributed by atoms with Crippen molar-refractivity contribution in [3.63, 3.8) is 0 Å². The molecule has 1 aromatic rings. The van der Waals surface area contributed by atoms with Crippen LogP contribution in [0.5, 0.6) is 0 Å². The first-order valence-corrected chi connectivity index (χ1v) is 6.06. The van der Waals surface area contributed by atoms with Gasteiger partial charge in [0.25, 0.3) is 0 Å². The fourth-order valence-corrected chi connectivity index (χ4v) is 2.58. The minimum atomic E-state index is -0.556. The Hall–Kier alpha value is -0.740. The van der Waals surface area contributed by atoms with Gasteiger partial charge in [-0.15, -0.1) is 11.3 Å². The van der Waals surface area contributed by atoms with E-state index in [1.807, 2.05) is 19.2 Å². The van der Waals surface area contributed by atoms with Gasteiger partial charge in [0.2, 0.25) is 0 Å². The van der Waals surface area contributed by atoms with Crippen LogP contribution >= 0.6 is 11.3 Å². The molecule has 1 aliphatic heterocycles. The number of hydrogen-bond donors (Lipinski definition) is 0. The third-order valence-electron chi connectivity index (χ3n) is 2.79. The first-order chi connectivity index (χ1) is 7.10. The minimum absolute atomic E-state index is 0.161. The molecule has 0 saturated carbocycles. The standard InChI is InChI=1S/C11H15NO2S/c1-8-7-15-10(12-8)6-9(13)11(2)4-3-5-14-11/h7H,3-6H2,1-2H3. The van der Waals surface area contributed by atoms with Gasteiger partial charge in [0, 0.05) is 17.7 Å². The number of hydrogen-bond acceptors (Lipinski definition) is 4. The van der Waals surface area contributed by atoms with Gasteiger partial charge in [-0.3, -0.25) is 4.79 Å². The maximum Gasteiger partial charge on any atom is 0.171 e. The van der Waals surface area contributed by atoms with E-state index in [1.54, 1.807) is 11.3 Å². The summed E-state index contributed by atoms with van der Waals surface area (Å²) in [7, 11) is 0. The Morgan fingerprint density at radius 3 is 3.07 bits per heavy atom. The molecule has 0 spiro atoms. The van der Waals surface area contributed by atoms with E-state index >= 15 is 0 Å². The number of rotatable bonds is 3. The summed E-state index contributed by atoms with van der Waals surface area (Å²) >= 11 is 1.55. The molecule has 0 aromatic carbocycles. The number of aromatic nitrogens is 1. The van der Waals surface area contributed by atoms with Crippen LogP contribution in [0.1, 0.15) is 30.5 Å². The van der Waals surface area contributed by atoms with Crippen molar-refractivity contribution < 1.29 is 9.53 Å². The van der Waals surface area contributed by atoms with Gasteiger partial charge >= 0.3 is 0 Å². The van der Waals surface area contributed by atoms with Crippen LogP contribution in [0.25, 0.3) is 0 Å². The Morgan fingerprint density at radius 2 is 2.53 bits per heavy atom. The molecular weight excluding hydrogens is 210 g/mol. The molecule has 15 heavy (non-hydrogen) atoms. The zero-order chi connectivity index (χ0) is 10.9. The zero-order valence-corrected chi connectivity index (χ0v) is 9.89. The Morgan fingerprint density at radius 1 is 1.73 bits per heavy atom. The predicted octanol–water partition coefficient (Wildman–Crippen LogP) is 2.13. The quantitative estimate of drug-likeness (QED) is 0.791. The maximum absolute atomic E-state index is 12.0. The highest BCUT2D eigenvalue weighted by atomic mass is 32.1. The largest absolute Gasteiger partial charge is 0.367 e. The smallest absolute Gasteiger partial charge is 0.171 e. The first-order valence-electron chi connectivity index (χ1n) is 5.18. The van der Waals surface area contributed by atoms with E-state index in [0.717, 1.165) is 23.5 Å². The molecule has 0 aliphatic carbocycles. The van der Waals surface area contributed by atoms with Gasteiger partial charge in [-0.1, -0.05) is 0 Å². The molecule has 82 valence electrons. The van der Waals surface area contributed by atoms with E-state index in [9.17, 15) is 4.79 Å². The van der Waals surface area contributed by atoms with Crippen molar-refractivity contribution in [3.8, 4) is 0 Å². The average Bonchev–Trinajstić information content (AvgIpc) is 2.76. The van der Waals surface area contributed by atoms with Crippen LogP contribution in [0.3, 0.4) is 0 Å². The predicted molar refractivity (Wildman–Crippen MR) is 59.2 cm³/mol. The van der Waals surface area contributed by atoms with Crippen molar-refractivity contribution >= 4 is 17.1 Å². The second-order valence-corrected chi connectivity index (χ2v) is 5.11. The Bertz CT molecular complexity index is 366. The van der Waals surface area contributed by atoms with Crippen molar-refractivity contribution in [2.24, 2.45) is 0 Å². The second kappa shape index (κ2) is 4.02. The van der Waals surface area contributed by atoms with E-state index in [-0.39, 0.29) is 5.78 Å². The summed E-state index contributed by atoms with van der Waals surface area (Å²) < 4.78 is 5.51. The highest BCUT2D eigenvalue weighted by molar-refractivity contribution is 7.09. The fourth-order valence-electron chi connectivity index (χ4n) is 1.81. The molecule has 1 aromatic heterocycles. The molecule has 4 heteroatoms. The van der Waals surface area contributed by atoms with Crippen molar-refractivity contribution in [2.75, 3.05) is 6.61 Å². The first kappa shape index (κ1) is 10.8. The van der Waals surface area contributed by atoms with Gasteiger partial charge in [0.15, 0.2) is 5.78 Å². The van der Waals surface area contributed by atoms with Crippen LogP contribution < -0.4 is 0 Å².